The number of amides is 2. The Hall–Kier alpha value is -2.62. The quantitative estimate of drug-likeness (QED) is 0.891. The van der Waals surface area contributed by atoms with Crippen molar-refractivity contribution in [2.45, 2.75) is 20.3 Å². The van der Waals surface area contributed by atoms with Crippen LogP contribution in [0.2, 0.25) is 0 Å². The lowest BCUT2D eigenvalue weighted by Gasteiger charge is -2.23. The van der Waals surface area contributed by atoms with Crippen molar-refractivity contribution < 1.29 is 9.59 Å². The highest BCUT2D eigenvalue weighted by molar-refractivity contribution is 5.96. The zero-order valence-electron chi connectivity index (χ0n) is 13.6. The second-order valence-corrected chi connectivity index (χ2v) is 5.30. The fourth-order valence-electron chi connectivity index (χ4n) is 2.46. The fraction of sp³-hybridized carbons (Fsp3) is 0.263. The monoisotopic (exact) mass is 310 g/mol. The Morgan fingerprint density at radius 3 is 2.30 bits per heavy atom. The van der Waals surface area contributed by atoms with Crippen molar-refractivity contribution in [3.63, 3.8) is 0 Å². The molecular weight excluding hydrogens is 288 g/mol. The van der Waals surface area contributed by atoms with Gasteiger partial charge in [0.1, 0.15) is 0 Å². The van der Waals surface area contributed by atoms with Crippen LogP contribution >= 0.6 is 0 Å². The van der Waals surface area contributed by atoms with E-state index in [1.807, 2.05) is 56.3 Å². The first-order valence-corrected chi connectivity index (χ1v) is 7.82. The smallest absolute Gasteiger partial charge is 0.251 e. The molecule has 0 saturated carbocycles. The molecule has 2 aromatic rings. The molecule has 4 heteroatoms. The van der Waals surface area contributed by atoms with E-state index in [0.717, 1.165) is 11.3 Å². The maximum Gasteiger partial charge on any atom is 0.251 e. The summed E-state index contributed by atoms with van der Waals surface area (Å²) in [6, 6.07) is 16.8. The van der Waals surface area contributed by atoms with Crippen LogP contribution in [-0.4, -0.2) is 24.9 Å². The molecule has 0 spiro atoms. The average Bonchev–Trinajstić information content (AvgIpc) is 2.58. The van der Waals surface area contributed by atoms with Crippen molar-refractivity contribution in [2.24, 2.45) is 0 Å². The number of hydrogen-bond donors (Lipinski definition) is 1. The van der Waals surface area contributed by atoms with Crippen LogP contribution in [0.3, 0.4) is 0 Å². The number of carbonyl (C=O) groups is 2. The van der Waals surface area contributed by atoms with Gasteiger partial charge in [0.25, 0.3) is 5.91 Å². The standard InChI is InChI=1S/C19H22N2O2/c1-3-21(17-12-8-7-9-15(17)2)18(22)13-14-20-19(23)16-10-5-4-6-11-16/h4-12H,3,13-14H2,1-2H3,(H,20,23). The van der Waals surface area contributed by atoms with E-state index in [1.54, 1.807) is 17.0 Å². The molecule has 0 aliphatic carbocycles. The van der Waals surface area contributed by atoms with Gasteiger partial charge in [0.05, 0.1) is 0 Å². The van der Waals surface area contributed by atoms with Crippen molar-refractivity contribution >= 4 is 17.5 Å². The minimum Gasteiger partial charge on any atom is -0.352 e. The van der Waals surface area contributed by atoms with Gasteiger partial charge in [-0.1, -0.05) is 36.4 Å². The van der Waals surface area contributed by atoms with Crippen LogP contribution < -0.4 is 10.2 Å². The minimum absolute atomic E-state index is 0.00941. The molecule has 2 aromatic carbocycles. The zero-order chi connectivity index (χ0) is 16.7. The van der Waals surface area contributed by atoms with E-state index in [9.17, 15) is 9.59 Å². The molecule has 0 radical (unpaired) electrons. The van der Waals surface area contributed by atoms with Crippen LogP contribution in [0.1, 0.15) is 29.3 Å². The molecule has 0 saturated heterocycles. The summed E-state index contributed by atoms with van der Waals surface area (Å²) in [4.78, 5) is 26.1. The van der Waals surface area contributed by atoms with Crippen LogP contribution in [-0.2, 0) is 4.79 Å². The van der Waals surface area contributed by atoms with E-state index in [-0.39, 0.29) is 18.2 Å². The Balaban J connectivity index is 1.91. The number of anilines is 1. The van der Waals surface area contributed by atoms with E-state index in [2.05, 4.69) is 5.32 Å². The molecule has 0 bridgehead atoms. The second kappa shape index (κ2) is 8.13. The molecule has 0 unspecified atom stereocenters. The number of nitrogens with zero attached hydrogens (tertiary/aromatic N) is 1. The summed E-state index contributed by atoms with van der Waals surface area (Å²) in [6.45, 7) is 4.88. The highest BCUT2D eigenvalue weighted by Crippen LogP contribution is 2.19. The van der Waals surface area contributed by atoms with Gasteiger partial charge in [-0.25, -0.2) is 0 Å². The third-order valence-corrected chi connectivity index (χ3v) is 3.68. The largest absolute Gasteiger partial charge is 0.352 e. The van der Waals surface area contributed by atoms with Gasteiger partial charge in [-0.2, -0.15) is 0 Å². The molecular formula is C19H22N2O2. The van der Waals surface area contributed by atoms with E-state index in [4.69, 9.17) is 0 Å². The molecule has 2 rings (SSSR count). The summed E-state index contributed by atoms with van der Waals surface area (Å²) in [5, 5.41) is 2.79. The van der Waals surface area contributed by atoms with Gasteiger partial charge >= 0.3 is 0 Å². The van der Waals surface area contributed by atoms with Crippen LogP contribution in [0.5, 0.6) is 0 Å². The van der Waals surface area contributed by atoms with Crippen LogP contribution in [0.4, 0.5) is 5.69 Å². The molecule has 4 nitrogen and oxygen atoms in total. The number of carbonyl (C=O) groups excluding carboxylic acids is 2. The van der Waals surface area contributed by atoms with Crippen LogP contribution in [0.25, 0.3) is 0 Å². The summed E-state index contributed by atoms with van der Waals surface area (Å²) in [7, 11) is 0. The Kier molecular flexibility index (Phi) is 5.92. The van der Waals surface area contributed by atoms with E-state index >= 15 is 0 Å². The van der Waals surface area contributed by atoms with Gasteiger partial charge < -0.3 is 10.2 Å². The number of benzene rings is 2. The van der Waals surface area contributed by atoms with Crippen molar-refractivity contribution in [3.8, 4) is 0 Å². The van der Waals surface area contributed by atoms with Gasteiger partial charge in [0.2, 0.25) is 5.91 Å². The molecule has 1 N–H and O–H groups in total. The first kappa shape index (κ1) is 16.7. The van der Waals surface area contributed by atoms with Gasteiger partial charge in [-0.15, -0.1) is 0 Å². The van der Waals surface area contributed by atoms with Gasteiger partial charge in [0, 0.05) is 30.8 Å². The van der Waals surface area contributed by atoms with E-state index in [1.165, 1.54) is 0 Å². The number of nitrogens with one attached hydrogen (secondary N) is 1. The lowest BCUT2D eigenvalue weighted by molar-refractivity contribution is -0.118. The normalized spacial score (nSPS) is 10.2. The molecule has 0 aliphatic rings. The number of rotatable bonds is 6. The Morgan fingerprint density at radius 2 is 1.65 bits per heavy atom. The average molecular weight is 310 g/mol. The fourth-order valence-corrected chi connectivity index (χ4v) is 2.46. The van der Waals surface area contributed by atoms with Gasteiger partial charge in [0.15, 0.2) is 0 Å². The Labute approximate surface area is 137 Å². The molecule has 2 amide bonds. The second-order valence-electron chi connectivity index (χ2n) is 5.30. The minimum atomic E-state index is -0.155. The highest BCUT2D eigenvalue weighted by atomic mass is 16.2. The first-order chi connectivity index (χ1) is 11.1. The predicted molar refractivity (Wildman–Crippen MR) is 92.6 cm³/mol. The summed E-state index contributed by atoms with van der Waals surface area (Å²) >= 11 is 0. The van der Waals surface area contributed by atoms with E-state index < -0.39 is 0 Å². The topological polar surface area (TPSA) is 49.4 Å². The third-order valence-electron chi connectivity index (χ3n) is 3.68. The van der Waals surface area contributed by atoms with Crippen molar-refractivity contribution in [3.05, 3.63) is 65.7 Å². The van der Waals surface area contributed by atoms with Gasteiger partial charge in [-0.3, -0.25) is 9.59 Å². The molecule has 0 aliphatic heterocycles. The zero-order valence-corrected chi connectivity index (χ0v) is 13.6. The number of aryl methyl sites for hydroxylation is 1. The number of para-hydroxylation sites is 1. The number of hydrogen-bond acceptors (Lipinski definition) is 2. The molecule has 0 heterocycles. The van der Waals surface area contributed by atoms with Crippen molar-refractivity contribution in [2.75, 3.05) is 18.0 Å². The third kappa shape index (κ3) is 4.42. The van der Waals surface area contributed by atoms with Crippen LogP contribution in [0.15, 0.2) is 54.6 Å². The molecule has 23 heavy (non-hydrogen) atoms. The Morgan fingerprint density at radius 1 is 1.00 bits per heavy atom. The maximum absolute atomic E-state index is 12.4. The molecule has 0 aromatic heterocycles. The maximum atomic E-state index is 12.4. The first-order valence-electron chi connectivity index (χ1n) is 7.82. The summed E-state index contributed by atoms with van der Waals surface area (Å²) < 4.78 is 0. The lowest BCUT2D eigenvalue weighted by Crippen LogP contribution is -2.34. The van der Waals surface area contributed by atoms with E-state index in [0.29, 0.717) is 18.7 Å². The van der Waals surface area contributed by atoms with Gasteiger partial charge in [-0.05, 0) is 37.6 Å². The molecule has 120 valence electrons. The molecule has 0 atom stereocenters. The molecule has 0 fully saturated rings. The predicted octanol–water partition coefficient (Wildman–Crippen LogP) is 3.17. The van der Waals surface area contributed by atoms with Crippen LogP contribution in [0, 0.1) is 6.92 Å². The van der Waals surface area contributed by atoms with Crippen molar-refractivity contribution in [1.29, 1.82) is 0 Å². The summed E-state index contributed by atoms with van der Waals surface area (Å²) in [6.07, 6.45) is 0.279. The summed E-state index contributed by atoms with van der Waals surface area (Å²) in [5.41, 5.74) is 2.59. The Bertz CT molecular complexity index is 668. The highest BCUT2D eigenvalue weighted by Gasteiger charge is 2.15. The van der Waals surface area contributed by atoms with Crippen molar-refractivity contribution in [1.82, 2.24) is 5.32 Å². The summed E-state index contributed by atoms with van der Waals surface area (Å²) in [5.74, 6) is -0.146. The lowest BCUT2D eigenvalue weighted by atomic mass is 10.1. The SMILES string of the molecule is CCN(C(=O)CCNC(=O)c1ccccc1)c1ccccc1C.